The number of benzene rings is 1. The Morgan fingerprint density at radius 2 is 1.81 bits per heavy atom. The third-order valence-electron chi connectivity index (χ3n) is 4.85. The molecule has 0 spiro atoms. The van der Waals surface area contributed by atoms with Crippen LogP contribution >= 0.6 is 12.2 Å². The third kappa shape index (κ3) is 3.85. The predicted molar refractivity (Wildman–Crippen MR) is 115 cm³/mol. The highest BCUT2D eigenvalue weighted by Crippen LogP contribution is 2.25. The van der Waals surface area contributed by atoms with Crippen molar-refractivity contribution in [2.75, 3.05) is 36.4 Å². The molecule has 0 saturated carbocycles. The monoisotopic (exact) mass is 377 g/mol. The van der Waals surface area contributed by atoms with Crippen LogP contribution in [0.5, 0.6) is 0 Å². The first-order chi connectivity index (χ1) is 13.1. The molecule has 0 aliphatic carbocycles. The number of rotatable bonds is 2. The van der Waals surface area contributed by atoms with Crippen molar-refractivity contribution in [3.05, 3.63) is 59.9 Å². The average molecular weight is 378 g/mol. The van der Waals surface area contributed by atoms with Gasteiger partial charge in [0.05, 0.1) is 0 Å². The molecular weight excluding hydrogens is 354 g/mol. The lowest BCUT2D eigenvalue weighted by Gasteiger charge is -2.37. The van der Waals surface area contributed by atoms with E-state index in [9.17, 15) is 0 Å². The number of nitrogens with zero attached hydrogens (tertiary/aromatic N) is 4. The zero-order valence-corrected chi connectivity index (χ0v) is 16.5. The standard InChI is InChI=1S/C21H23N5S/c1-15-13-16(2)23-19(14-15)24-21(27)26-11-9-25(10-12-26)20-18-6-4-3-5-17(18)7-8-22-20/h3-8,13-14H,9-12H2,1-2H3,(H,23,24,27). The predicted octanol–water partition coefficient (Wildman–Crippen LogP) is 3.77. The molecule has 1 fully saturated rings. The molecule has 4 rings (SSSR count). The summed E-state index contributed by atoms with van der Waals surface area (Å²) in [7, 11) is 0. The van der Waals surface area contributed by atoms with Crippen LogP contribution in [0.4, 0.5) is 11.6 Å². The molecule has 0 amide bonds. The second kappa shape index (κ2) is 7.48. The van der Waals surface area contributed by atoms with Crippen molar-refractivity contribution in [1.82, 2.24) is 14.9 Å². The second-order valence-electron chi connectivity index (χ2n) is 6.93. The number of fused-ring (bicyclic) bond motifs is 1. The van der Waals surface area contributed by atoms with E-state index in [4.69, 9.17) is 12.2 Å². The fourth-order valence-corrected chi connectivity index (χ4v) is 3.86. The van der Waals surface area contributed by atoms with E-state index < -0.39 is 0 Å². The minimum atomic E-state index is 0.734. The van der Waals surface area contributed by atoms with Gasteiger partial charge in [-0.2, -0.15) is 0 Å². The number of nitrogens with one attached hydrogen (secondary N) is 1. The summed E-state index contributed by atoms with van der Waals surface area (Å²) in [6.45, 7) is 7.57. The Morgan fingerprint density at radius 3 is 2.59 bits per heavy atom. The molecule has 1 aliphatic heterocycles. The van der Waals surface area contributed by atoms with Crippen molar-refractivity contribution >= 4 is 39.7 Å². The molecule has 5 nitrogen and oxygen atoms in total. The van der Waals surface area contributed by atoms with Crippen LogP contribution in [0.2, 0.25) is 0 Å². The SMILES string of the molecule is Cc1cc(C)nc(NC(=S)N2CCN(c3nccc4ccccc34)CC2)c1. The first kappa shape index (κ1) is 17.7. The normalized spacial score (nSPS) is 14.4. The summed E-state index contributed by atoms with van der Waals surface area (Å²) >= 11 is 5.62. The van der Waals surface area contributed by atoms with E-state index in [2.05, 4.69) is 68.4 Å². The van der Waals surface area contributed by atoms with Gasteiger partial charge in [0.25, 0.3) is 0 Å². The van der Waals surface area contributed by atoms with Gasteiger partial charge in [-0.25, -0.2) is 9.97 Å². The Labute approximate surface area is 165 Å². The van der Waals surface area contributed by atoms with E-state index in [1.807, 2.05) is 19.2 Å². The molecule has 2 aromatic heterocycles. The van der Waals surface area contributed by atoms with Crippen LogP contribution in [-0.4, -0.2) is 46.2 Å². The number of hydrogen-bond acceptors (Lipinski definition) is 4. The van der Waals surface area contributed by atoms with Crippen molar-refractivity contribution < 1.29 is 0 Å². The van der Waals surface area contributed by atoms with Crippen molar-refractivity contribution in [1.29, 1.82) is 0 Å². The Morgan fingerprint density at radius 1 is 1.04 bits per heavy atom. The van der Waals surface area contributed by atoms with Crippen molar-refractivity contribution in [3.63, 3.8) is 0 Å². The van der Waals surface area contributed by atoms with Crippen molar-refractivity contribution in [2.45, 2.75) is 13.8 Å². The fourth-order valence-electron chi connectivity index (χ4n) is 3.57. The third-order valence-corrected chi connectivity index (χ3v) is 5.21. The van der Waals surface area contributed by atoms with Gasteiger partial charge in [0, 0.05) is 43.5 Å². The van der Waals surface area contributed by atoms with Crippen LogP contribution in [0.25, 0.3) is 10.8 Å². The second-order valence-corrected chi connectivity index (χ2v) is 7.32. The molecule has 1 N–H and O–H groups in total. The molecule has 3 aromatic rings. The van der Waals surface area contributed by atoms with Crippen LogP contribution in [0.15, 0.2) is 48.7 Å². The highest BCUT2D eigenvalue weighted by molar-refractivity contribution is 7.80. The Kier molecular flexibility index (Phi) is 4.90. The maximum absolute atomic E-state index is 5.62. The molecule has 6 heteroatoms. The van der Waals surface area contributed by atoms with Gasteiger partial charge in [0.15, 0.2) is 5.11 Å². The van der Waals surface area contributed by atoms with Crippen LogP contribution in [0.1, 0.15) is 11.3 Å². The molecule has 138 valence electrons. The maximum atomic E-state index is 5.62. The summed E-state index contributed by atoms with van der Waals surface area (Å²) < 4.78 is 0. The van der Waals surface area contributed by atoms with Gasteiger partial charge in [0.1, 0.15) is 11.6 Å². The summed E-state index contributed by atoms with van der Waals surface area (Å²) in [5.41, 5.74) is 2.17. The topological polar surface area (TPSA) is 44.3 Å². The summed E-state index contributed by atoms with van der Waals surface area (Å²) in [5.74, 6) is 1.87. The highest BCUT2D eigenvalue weighted by Gasteiger charge is 2.21. The lowest BCUT2D eigenvalue weighted by Crippen LogP contribution is -2.50. The summed E-state index contributed by atoms with van der Waals surface area (Å²) in [5, 5.41) is 6.45. The molecule has 0 radical (unpaired) electrons. The molecule has 3 heterocycles. The average Bonchev–Trinajstić information content (AvgIpc) is 2.67. The van der Waals surface area contributed by atoms with Gasteiger partial charge >= 0.3 is 0 Å². The van der Waals surface area contributed by atoms with Gasteiger partial charge in [-0.3, -0.25) is 0 Å². The van der Waals surface area contributed by atoms with E-state index in [1.54, 1.807) is 0 Å². The minimum absolute atomic E-state index is 0.734. The first-order valence-electron chi connectivity index (χ1n) is 9.20. The maximum Gasteiger partial charge on any atom is 0.174 e. The Bertz CT molecular complexity index is 954. The molecule has 1 saturated heterocycles. The number of anilines is 2. The van der Waals surface area contributed by atoms with E-state index in [0.29, 0.717) is 0 Å². The largest absolute Gasteiger partial charge is 0.353 e. The lowest BCUT2D eigenvalue weighted by atomic mass is 10.1. The van der Waals surface area contributed by atoms with Gasteiger partial charge < -0.3 is 15.1 Å². The van der Waals surface area contributed by atoms with Gasteiger partial charge in [-0.05, 0) is 55.2 Å². The van der Waals surface area contributed by atoms with Gasteiger partial charge in [-0.15, -0.1) is 0 Å². The molecule has 0 bridgehead atoms. The van der Waals surface area contributed by atoms with E-state index in [-0.39, 0.29) is 0 Å². The van der Waals surface area contributed by atoms with Crippen molar-refractivity contribution in [3.8, 4) is 0 Å². The highest BCUT2D eigenvalue weighted by atomic mass is 32.1. The summed E-state index contributed by atoms with van der Waals surface area (Å²) in [6, 6.07) is 14.5. The van der Waals surface area contributed by atoms with Crippen LogP contribution in [-0.2, 0) is 0 Å². The van der Waals surface area contributed by atoms with E-state index in [1.165, 1.54) is 16.3 Å². The zero-order valence-electron chi connectivity index (χ0n) is 15.6. The number of pyridine rings is 2. The number of hydrogen-bond donors (Lipinski definition) is 1. The summed E-state index contributed by atoms with van der Waals surface area (Å²) in [4.78, 5) is 13.7. The molecule has 0 unspecified atom stereocenters. The molecule has 27 heavy (non-hydrogen) atoms. The molecule has 1 aromatic carbocycles. The van der Waals surface area contributed by atoms with Crippen molar-refractivity contribution in [2.24, 2.45) is 0 Å². The number of aryl methyl sites for hydroxylation is 2. The zero-order chi connectivity index (χ0) is 18.8. The van der Waals surface area contributed by atoms with Crippen LogP contribution in [0.3, 0.4) is 0 Å². The van der Waals surface area contributed by atoms with E-state index in [0.717, 1.165) is 48.6 Å². The van der Waals surface area contributed by atoms with Gasteiger partial charge in [0.2, 0.25) is 0 Å². The number of aromatic nitrogens is 2. The van der Waals surface area contributed by atoms with Gasteiger partial charge in [-0.1, -0.05) is 24.3 Å². The fraction of sp³-hybridized carbons (Fsp3) is 0.286. The first-order valence-corrected chi connectivity index (χ1v) is 9.61. The molecule has 0 atom stereocenters. The van der Waals surface area contributed by atoms with Crippen LogP contribution in [0, 0.1) is 13.8 Å². The number of thiocarbonyl (C=S) groups is 1. The molecular formula is C21H23N5S. The smallest absolute Gasteiger partial charge is 0.174 e. The quantitative estimate of drug-likeness (QED) is 0.686. The Balaban J connectivity index is 1.43. The van der Waals surface area contributed by atoms with Crippen LogP contribution < -0.4 is 10.2 Å². The Hall–Kier alpha value is -2.73. The molecule has 1 aliphatic rings. The number of piperazine rings is 1. The van der Waals surface area contributed by atoms with E-state index >= 15 is 0 Å². The minimum Gasteiger partial charge on any atom is -0.353 e. The summed E-state index contributed by atoms with van der Waals surface area (Å²) in [6.07, 6.45) is 1.89. The lowest BCUT2D eigenvalue weighted by molar-refractivity contribution is 0.390.